The van der Waals surface area contributed by atoms with Crippen molar-refractivity contribution in [3.63, 3.8) is 0 Å². The zero-order valence-corrected chi connectivity index (χ0v) is 13.4. The fourth-order valence-electron chi connectivity index (χ4n) is 3.01. The average molecular weight is 339 g/mol. The van der Waals surface area contributed by atoms with Crippen LogP contribution in [0.4, 0.5) is 10.5 Å². The summed E-state index contributed by atoms with van der Waals surface area (Å²) in [6.07, 6.45) is -0.766. The Morgan fingerprint density at radius 3 is 2.76 bits per heavy atom. The van der Waals surface area contributed by atoms with E-state index in [1.807, 2.05) is 36.4 Å². The van der Waals surface area contributed by atoms with Crippen molar-refractivity contribution in [2.24, 2.45) is 5.73 Å². The maximum absolute atomic E-state index is 12.4. The molecule has 7 nitrogen and oxygen atoms in total. The second-order valence-corrected chi connectivity index (χ2v) is 5.95. The van der Waals surface area contributed by atoms with Gasteiger partial charge in [0, 0.05) is 29.1 Å². The van der Waals surface area contributed by atoms with Gasteiger partial charge in [-0.2, -0.15) is 0 Å². The molecule has 0 radical (unpaired) electrons. The summed E-state index contributed by atoms with van der Waals surface area (Å²) in [6, 6.07) is 13.0. The van der Waals surface area contributed by atoms with Crippen LogP contribution in [0.5, 0.6) is 0 Å². The molecule has 0 bridgehead atoms. The molecule has 1 aliphatic heterocycles. The molecule has 1 fully saturated rings. The molecule has 128 valence electrons. The Bertz CT molecular complexity index is 965. The van der Waals surface area contributed by atoms with Gasteiger partial charge in [0.2, 0.25) is 5.91 Å². The summed E-state index contributed by atoms with van der Waals surface area (Å²) >= 11 is 0. The monoisotopic (exact) mass is 339 g/mol. The van der Waals surface area contributed by atoms with Gasteiger partial charge in [-0.05, 0) is 18.2 Å². The molecule has 0 saturated carbocycles. The molecule has 0 aliphatic carbocycles. The minimum Gasteiger partial charge on any atom is -0.456 e. The molecule has 1 saturated heterocycles. The molecule has 3 N–H and O–H groups in total. The van der Waals surface area contributed by atoms with Crippen LogP contribution in [-0.2, 0) is 9.53 Å². The van der Waals surface area contributed by atoms with Crippen molar-refractivity contribution in [1.82, 2.24) is 4.90 Å². The van der Waals surface area contributed by atoms with E-state index in [9.17, 15) is 9.59 Å². The smallest absolute Gasteiger partial charge is 0.322 e. The quantitative estimate of drug-likeness (QED) is 0.748. The van der Waals surface area contributed by atoms with Crippen LogP contribution in [0.3, 0.4) is 0 Å². The fourth-order valence-corrected chi connectivity index (χ4v) is 3.01. The van der Waals surface area contributed by atoms with E-state index in [2.05, 4.69) is 5.32 Å². The normalized spacial score (nSPS) is 17.8. The topological polar surface area (TPSA) is 97.8 Å². The second kappa shape index (κ2) is 6.10. The number of ether oxygens (including phenoxy) is 1. The molecular formula is C18H17N3O4. The van der Waals surface area contributed by atoms with Gasteiger partial charge < -0.3 is 25.1 Å². The molecule has 25 heavy (non-hydrogen) atoms. The van der Waals surface area contributed by atoms with E-state index >= 15 is 0 Å². The molecule has 1 aliphatic rings. The van der Waals surface area contributed by atoms with Crippen LogP contribution in [0.15, 0.2) is 46.9 Å². The third-order valence-corrected chi connectivity index (χ3v) is 4.30. The number of morpholine rings is 1. The van der Waals surface area contributed by atoms with Crippen LogP contribution in [0.1, 0.15) is 0 Å². The minimum absolute atomic E-state index is 0.147. The number of urea groups is 1. The number of hydrogen-bond acceptors (Lipinski definition) is 4. The van der Waals surface area contributed by atoms with Crippen molar-refractivity contribution in [3.05, 3.63) is 42.5 Å². The van der Waals surface area contributed by atoms with E-state index in [-0.39, 0.29) is 19.2 Å². The third-order valence-electron chi connectivity index (χ3n) is 4.30. The van der Waals surface area contributed by atoms with Gasteiger partial charge in [0.15, 0.2) is 6.10 Å². The highest BCUT2D eigenvalue weighted by Crippen LogP contribution is 2.30. The molecule has 7 heteroatoms. The minimum atomic E-state index is -0.766. The molecule has 0 spiro atoms. The second-order valence-electron chi connectivity index (χ2n) is 5.95. The van der Waals surface area contributed by atoms with Crippen LogP contribution in [0, 0.1) is 0 Å². The van der Waals surface area contributed by atoms with Gasteiger partial charge in [0.1, 0.15) is 11.2 Å². The number of amides is 3. The van der Waals surface area contributed by atoms with Crippen molar-refractivity contribution in [3.8, 4) is 0 Å². The van der Waals surface area contributed by atoms with Crippen molar-refractivity contribution >= 4 is 39.6 Å². The number of fused-ring (bicyclic) bond motifs is 3. The molecular weight excluding hydrogens is 322 g/mol. The first-order valence-corrected chi connectivity index (χ1v) is 8.00. The highest BCUT2D eigenvalue weighted by atomic mass is 16.5. The van der Waals surface area contributed by atoms with Crippen molar-refractivity contribution < 1.29 is 18.7 Å². The van der Waals surface area contributed by atoms with Gasteiger partial charge in [-0.3, -0.25) is 4.79 Å². The predicted molar refractivity (Wildman–Crippen MR) is 93.2 cm³/mol. The largest absolute Gasteiger partial charge is 0.456 e. The van der Waals surface area contributed by atoms with Crippen LogP contribution >= 0.6 is 0 Å². The summed E-state index contributed by atoms with van der Waals surface area (Å²) in [4.78, 5) is 25.2. The molecule has 4 rings (SSSR count). The number of primary amides is 1. The molecule has 3 amide bonds. The lowest BCUT2D eigenvalue weighted by Gasteiger charge is -2.31. The van der Waals surface area contributed by atoms with Gasteiger partial charge in [0.25, 0.3) is 0 Å². The lowest BCUT2D eigenvalue weighted by Crippen LogP contribution is -2.51. The molecule has 1 aromatic heterocycles. The average Bonchev–Trinajstić information content (AvgIpc) is 2.99. The highest BCUT2D eigenvalue weighted by Gasteiger charge is 2.27. The molecule has 3 aromatic rings. The number of rotatable bonds is 2. The number of carbonyl (C=O) groups excluding carboxylic acids is 2. The zero-order chi connectivity index (χ0) is 17.4. The van der Waals surface area contributed by atoms with Gasteiger partial charge >= 0.3 is 6.03 Å². The number of carbonyl (C=O) groups is 2. The lowest BCUT2D eigenvalue weighted by molar-refractivity contribution is -0.133. The number of para-hydroxylation sites is 1. The van der Waals surface area contributed by atoms with Crippen LogP contribution in [0.25, 0.3) is 21.9 Å². The van der Waals surface area contributed by atoms with E-state index in [1.165, 1.54) is 4.90 Å². The number of anilines is 1. The molecule has 2 aromatic carbocycles. The molecule has 1 atom stereocenters. The van der Waals surface area contributed by atoms with Gasteiger partial charge in [-0.15, -0.1) is 0 Å². The van der Waals surface area contributed by atoms with Crippen molar-refractivity contribution in [2.45, 2.75) is 6.10 Å². The van der Waals surface area contributed by atoms with Gasteiger partial charge in [0.05, 0.1) is 13.2 Å². The number of nitrogens with one attached hydrogen (secondary N) is 1. The van der Waals surface area contributed by atoms with Crippen LogP contribution < -0.4 is 11.1 Å². The van der Waals surface area contributed by atoms with Crippen LogP contribution in [-0.4, -0.2) is 42.6 Å². The van der Waals surface area contributed by atoms with E-state index in [0.717, 1.165) is 16.4 Å². The Morgan fingerprint density at radius 1 is 1.12 bits per heavy atom. The van der Waals surface area contributed by atoms with E-state index < -0.39 is 12.0 Å². The number of nitrogens with zero attached hydrogens (tertiary/aromatic N) is 1. The Balaban J connectivity index is 1.55. The summed E-state index contributed by atoms with van der Waals surface area (Å²) in [5, 5.41) is 4.86. The van der Waals surface area contributed by atoms with Gasteiger partial charge in [-0.25, -0.2) is 4.79 Å². The van der Waals surface area contributed by atoms with Gasteiger partial charge in [-0.1, -0.05) is 18.2 Å². The Hall–Kier alpha value is -3.06. The Labute approximate surface area is 143 Å². The van der Waals surface area contributed by atoms with Crippen molar-refractivity contribution in [2.75, 3.05) is 25.0 Å². The predicted octanol–water partition coefficient (Wildman–Crippen LogP) is 2.30. The Kier molecular flexibility index (Phi) is 3.77. The number of benzene rings is 2. The fraction of sp³-hybridized carbons (Fsp3) is 0.222. The highest BCUT2D eigenvalue weighted by molar-refractivity contribution is 6.06. The number of nitrogens with two attached hydrogens (primary N) is 1. The summed E-state index contributed by atoms with van der Waals surface area (Å²) in [5.41, 5.74) is 7.38. The summed E-state index contributed by atoms with van der Waals surface area (Å²) < 4.78 is 11.1. The van der Waals surface area contributed by atoms with E-state index in [0.29, 0.717) is 17.8 Å². The lowest BCUT2D eigenvalue weighted by atomic mass is 10.1. The SMILES string of the molecule is NC(=O)C1CN(C(=O)Nc2ccc3c(c2)oc2ccccc23)CCO1. The molecule has 2 heterocycles. The zero-order valence-electron chi connectivity index (χ0n) is 13.4. The first-order valence-electron chi connectivity index (χ1n) is 8.00. The standard InChI is InChI=1S/C18H17N3O4/c19-17(22)16-10-21(7-8-24-16)18(23)20-11-5-6-13-12-3-1-2-4-14(12)25-15(13)9-11/h1-6,9,16H,7-8,10H2,(H2,19,22)(H,20,23). The maximum atomic E-state index is 12.4. The first kappa shape index (κ1) is 15.5. The maximum Gasteiger partial charge on any atom is 0.322 e. The molecule has 1 unspecified atom stereocenters. The third kappa shape index (κ3) is 2.89. The summed E-state index contributed by atoms with van der Waals surface area (Å²) in [7, 11) is 0. The van der Waals surface area contributed by atoms with Crippen LogP contribution in [0.2, 0.25) is 0 Å². The first-order chi connectivity index (χ1) is 12.1. The van der Waals surface area contributed by atoms with Crippen molar-refractivity contribution in [1.29, 1.82) is 0 Å². The van der Waals surface area contributed by atoms with E-state index in [1.54, 1.807) is 6.07 Å². The summed E-state index contributed by atoms with van der Waals surface area (Å²) in [6.45, 7) is 0.834. The number of furan rings is 1. The number of hydrogen-bond donors (Lipinski definition) is 2. The Morgan fingerprint density at radius 2 is 1.92 bits per heavy atom. The summed E-state index contributed by atoms with van der Waals surface area (Å²) in [5.74, 6) is -0.568. The van der Waals surface area contributed by atoms with E-state index in [4.69, 9.17) is 14.9 Å².